The lowest BCUT2D eigenvalue weighted by Gasteiger charge is -1.99. The van der Waals surface area contributed by atoms with Crippen molar-refractivity contribution in [1.82, 2.24) is 5.48 Å². The van der Waals surface area contributed by atoms with E-state index in [1.54, 1.807) is 0 Å². The van der Waals surface area contributed by atoms with Crippen molar-refractivity contribution in [3.8, 4) is 0 Å². The average Bonchev–Trinajstić information content (AvgIpc) is 2.50. The molecule has 0 radical (unpaired) electrons. The second kappa shape index (κ2) is 2.30. The molecule has 1 heterocycles. The van der Waals surface area contributed by atoms with Gasteiger partial charge in [-0.3, -0.25) is 9.63 Å². The summed E-state index contributed by atoms with van der Waals surface area (Å²) in [6, 6.07) is -0.815. The first-order valence-corrected chi connectivity index (χ1v) is 2.59. The van der Waals surface area contributed by atoms with Crippen LogP contribution in [-0.4, -0.2) is 23.3 Å². The van der Waals surface area contributed by atoms with Crippen LogP contribution in [0, 0.1) is 0 Å². The Hall–Kier alpha value is -0.650. The number of nitrogens with two attached hydrogens (primary N) is 1. The number of rotatable bonds is 3. The number of hydrogen-bond acceptors (Lipinski definition) is 4. The summed E-state index contributed by atoms with van der Waals surface area (Å²) in [6.45, 7) is 0. The monoisotopic (exact) mass is 132 g/mol. The SMILES string of the molecule is N[C@@H](C[C@@H]1NO1)C(=O)O. The third-order valence-corrected chi connectivity index (χ3v) is 1.07. The fourth-order valence-electron chi connectivity index (χ4n) is 0.476. The molecule has 1 aliphatic rings. The van der Waals surface area contributed by atoms with Crippen molar-refractivity contribution in [2.45, 2.75) is 18.7 Å². The Morgan fingerprint density at radius 1 is 2.00 bits per heavy atom. The zero-order valence-corrected chi connectivity index (χ0v) is 4.70. The van der Waals surface area contributed by atoms with E-state index in [9.17, 15) is 4.79 Å². The van der Waals surface area contributed by atoms with Crippen LogP contribution < -0.4 is 11.2 Å². The van der Waals surface area contributed by atoms with Gasteiger partial charge in [-0.25, -0.2) is 0 Å². The zero-order chi connectivity index (χ0) is 6.85. The Balaban J connectivity index is 2.16. The highest BCUT2D eigenvalue weighted by molar-refractivity contribution is 5.73. The molecule has 1 saturated heterocycles. The van der Waals surface area contributed by atoms with Crippen LogP contribution in [0.5, 0.6) is 0 Å². The Bertz CT molecular complexity index is 123. The van der Waals surface area contributed by atoms with Gasteiger partial charge in [-0.1, -0.05) is 0 Å². The molecule has 1 rings (SSSR count). The van der Waals surface area contributed by atoms with E-state index in [2.05, 4.69) is 10.3 Å². The van der Waals surface area contributed by atoms with Crippen molar-refractivity contribution < 1.29 is 14.7 Å². The number of hydroxylamine groups is 1. The second-order valence-corrected chi connectivity index (χ2v) is 1.90. The quantitative estimate of drug-likeness (QED) is 0.412. The molecule has 4 N–H and O–H groups in total. The normalized spacial score (nSPS) is 27.4. The molecule has 0 aromatic rings. The van der Waals surface area contributed by atoms with Crippen LogP contribution >= 0.6 is 0 Å². The van der Waals surface area contributed by atoms with Gasteiger partial charge in [0.2, 0.25) is 0 Å². The molecule has 0 aliphatic carbocycles. The molecule has 5 heteroatoms. The molecule has 1 aliphatic heterocycles. The minimum Gasteiger partial charge on any atom is -0.480 e. The van der Waals surface area contributed by atoms with E-state index in [-0.39, 0.29) is 6.23 Å². The van der Waals surface area contributed by atoms with Crippen LogP contribution in [0.1, 0.15) is 6.42 Å². The lowest BCUT2D eigenvalue weighted by Crippen LogP contribution is -2.31. The van der Waals surface area contributed by atoms with E-state index < -0.39 is 12.0 Å². The molecule has 5 nitrogen and oxygen atoms in total. The van der Waals surface area contributed by atoms with E-state index in [0.29, 0.717) is 6.42 Å². The predicted octanol–water partition coefficient (Wildman–Crippen LogP) is -1.35. The number of carboxylic acid groups (broad SMARTS) is 1. The number of nitrogens with one attached hydrogen (secondary N) is 1. The fourth-order valence-corrected chi connectivity index (χ4v) is 0.476. The molecule has 0 aromatic heterocycles. The van der Waals surface area contributed by atoms with Gasteiger partial charge < -0.3 is 10.8 Å². The van der Waals surface area contributed by atoms with Crippen molar-refractivity contribution in [2.24, 2.45) is 5.73 Å². The second-order valence-electron chi connectivity index (χ2n) is 1.90. The molecule has 0 aromatic carbocycles. The summed E-state index contributed by atoms with van der Waals surface area (Å²) in [4.78, 5) is 14.6. The summed E-state index contributed by atoms with van der Waals surface area (Å²) in [5.74, 6) is -0.993. The van der Waals surface area contributed by atoms with Crippen molar-refractivity contribution >= 4 is 5.97 Å². The number of carbonyl (C=O) groups is 1. The Labute approximate surface area is 51.7 Å². The van der Waals surface area contributed by atoms with Crippen molar-refractivity contribution in [2.75, 3.05) is 0 Å². The van der Waals surface area contributed by atoms with E-state index in [4.69, 9.17) is 10.8 Å². The fraction of sp³-hybridized carbons (Fsp3) is 0.750. The summed E-state index contributed by atoms with van der Waals surface area (Å²) < 4.78 is 0. The predicted molar refractivity (Wildman–Crippen MR) is 28.2 cm³/mol. The summed E-state index contributed by atoms with van der Waals surface area (Å²) in [5, 5.41) is 8.25. The molecule has 0 unspecified atom stereocenters. The molecule has 2 atom stereocenters. The van der Waals surface area contributed by atoms with E-state index in [0.717, 1.165) is 0 Å². The number of aliphatic carboxylic acids is 1. The molecule has 9 heavy (non-hydrogen) atoms. The van der Waals surface area contributed by atoms with Crippen LogP contribution in [0.15, 0.2) is 0 Å². The van der Waals surface area contributed by atoms with Gasteiger partial charge in [0.25, 0.3) is 0 Å². The van der Waals surface area contributed by atoms with Crippen LogP contribution in [0.3, 0.4) is 0 Å². The topological polar surface area (TPSA) is 97.8 Å². The zero-order valence-electron chi connectivity index (χ0n) is 4.70. The molecule has 52 valence electrons. The van der Waals surface area contributed by atoms with Gasteiger partial charge in [0.05, 0.1) is 0 Å². The minimum atomic E-state index is -0.993. The Morgan fingerprint density at radius 2 is 2.56 bits per heavy atom. The molecular weight excluding hydrogens is 124 g/mol. The van der Waals surface area contributed by atoms with E-state index >= 15 is 0 Å². The van der Waals surface area contributed by atoms with Gasteiger partial charge in [0, 0.05) is 6.42 Å². The first-order chi connectivity index (χ1) is 4.20. The maximum Gasteiger partial charge on any atom is 0.320 e. The average molecular weight is 132 g/mol. The van der Waals surface area contributed by atoms with Crippen molar-refractivity contribution in [3.05, 3.63) is 0 Å². The number of carboxylic acids is 1. The highest BCUT2D eigenvalue weighted by atomic mass is 16.8. The first-order valence-electron chi connectivity index (χ1n) is 2.59. The third kappa shape index (κ3) is 1.96. The summed E-state index contributed by atoms with van der Waals surface area (Å²) in [6.07, 6.45) is 0.186. The van der Waals surface area contributed by atoms with Gasteiger partial charge in [-0.05, 0) is 0 Å². The maximum absolute atomic E-state index is 10.1. The van der Waals surface area contributed by atoms with Gasteiger partial charge in [0.15, 0.2) is 6.23 Å². The highest BCUT2D eigenvalue weighted by Gasteiger charge is 2.27. The van der Waals surface area contributed by atoms with Crippen LogP contribution in [-0.2, 0) is 9.63 Å². The molecule has 0 saturated carbocycles. The molecule has 0 spiro atoms. The van der Waals surface area contributed by atoms with Gasteiger partial charge >= 0.3 is 5.97 Å². The van der Waals surface area contributed by atoms with Crippen molar-refractivity contribution in [3.63, 3.8) is 0 Å². The van der Waals surface area contributed by atoms with Crippen LogP contribution in [0.2, 0.25) is 0 Å². The van der Waals surface area contributed by atoms with Crippen LogP contribution in [0.4, 0.5) is 0 Å². The molecular formula is C4H8N2O3. The largest absolute Gasteiger partial charge is 0.480 e. The molecule has 0 bridgehead atoms. The summed E-state index contributed by atoms with van der Waals surface area (Å²) >= 11 is 0. The van der Waals surface area contributed by atoms with Gasteiger partial charge in [0.1, 0.15) is 6.04 Å². The lowest BCUT2D eigenvalue weighted by molar-refractivity contribution is -0.138. The van der Waals surface area contributed by atoms with Gasteiger partial charge in [-0.15, -0.1) is 0 Å². The smallest absolute Gasteiger partial charge is 0.320 e. The molecule has 1 fully saturated rings. The molecule has 0 amide bonds. The van der Waals surface area contributed by atoms with Gasteiger partial charge in [-0.2, -0.15) is 5.48 Å². The maximum atomic E-state index is 10.1. The standard InChI is InChI=1S/C4H8N2O3/c5-2(4(7)8)1-3-6-9-3/h2-3,6H,1,5H2,(H,7,8)/t2-,3+/m0/s1. The lowest BCUT2D eigenvalue weighted by atomic mass is 10.2. The Morgan fingerprint density at radius 3 is 2.89 bits per heavy atom. The summed E-state index contributed by atoms with van der Waals surface area (Å²) in [5.41, 5.74) is 7.61. The van der Waals surface area contributed by atoms with E-state index in [1.165, 1.54) is 0 Å². The van der Waals surface area contributed by atoms with Crippen molar-refractivity contribution in [1.29, 1.82) is 0 Å². The Kier molecular flexibility index (Phi) is 1.65. The first kappa shape index (κ1) is 6.47. The third-order valence-electron chi connectivity index (χ3n) is 1.07. The minimum absolute atomic E-state index is 0.143. The highest BCUT2D eigenvalue weighted by Crippen LogP contribution is 2.06. The van der Waals surface area contributed by atoms with Crippen LogP contribution in [0.25, 0.3) is 0 Å². The number of hydrogen-bond donors (Lipinski definition) is 3. The van der Waals surface area contributed by atoms with E-state index in [1.807, 2.05) is 0 Å². The summed E-state index contributed by atoms with van der Waals surface area (Å²) in [7, 11) is 0.